The van der Waals surface area contributed by atoms with Gasteiger partial charge in [0, 0.05) is 0 Å². The van der Waals surface area contributed by atoms with Crippen LogP contribution in [0.2, 0.25) is 0 Å². The van der Waals surface area contributed by atoms with Gasteiger partial charge in [0.2, 0.25) is 0 Å². The van der Waals surface area contributed by atoms with Gasteiger partial charge in [0.1, 0.15) is 12.8 Å². The number of ether oxygens (including phenoxy) is 1. The molecule has 0 aromatic heterocycles. The lowest BCUT2D eigenvalue weighted by Gasteiger charge is -2.23. The van der Waals surface area contributed by atoms with Gasteiger partial charge in [-0.15, -0.1) is 0 Å². The quantitative estimate of drug-likeness (QED) is 0.620. The van der Waals surface area contributed by atoms with Crippen LogP contribution in [0.5, 0.6) is 0 Å². The molecular weight excluding hydrogens is 171 g/mol. The third kappa shape index (κ3) is 5.37. The van der Waals surface area contributed by atoms with Crippen LogP contribution < -0.4 is 0 Å². The summed E-state index contributed by atoms with van der Waals surface area (Å²) in [5, 5.41) is 0. The first-order valence-corrected chi connectivity index (χ1v) is 3.71. The molecule has 74 valence electrons. The van der Waals surface area contributed by atoms with Gasteiger partial charge in [0.25, 0.3) is 0 Å². The van der Waals surface area contributed by atoms with Crippen LogP contribution in [-0.4, -0.2) is 38.0 Å². The molecule has 5 heteroatoms. The predicted octanol–water partition coefficient (Wildman–Crippen LogP) is 1.86. The van der Waals surface area contributed by atoms with Crippen molar-refractivity contribution in [2.75, 3.05) is 20.7 Å². The Hall–Kier alpha value is -0.290. The summed E-state index contributed by atoms with van der Waals surface area (Å²) in [5.74, 6) is 0. The zero-order chi connectivity index (χ0) is 9.78. The molecule has 0 aliphatic carbocycles. The number of halogens is 3. The Labute approximate surface area is 70.3 Å². The first-order chi connectivity index (χ1) is 5.37. The molecule has 0 aliphatic rings. The summed E-state index contributed by atoms with van der Waals surface area (Å²) in [6.45, 7) is 0.602. The Morgan fingerprint density at radius 3 is 2.08 bits per heavy atom. The van der Waals surface area contributed by atoms with Crippen LogP contribution >= 0.6 is 0 Å². The van der Waals surface area contributed by atoms with E-state index in [1.807, 2.05) is 0 Å². The lowest BCUT2D eigenvalue weighted by atomic mass is 10.4. The largest absolute Gasteiger partial charge is 0.411 e. The molecule has 0 radical (unpaired) electrons. The third-order valence-corrected chi connectivity index (χ3v) is 1.36. The molecule has 0 heterocycles. The Morgan fingerprint density at radius 2 is 1.83 bits per heavy atom. The summed E-state index contributed by atoms with van der Waals surface area (Å²) < 4.78 is 39.6. The molecular formula is C7H14F3NO. The third-order valence-electron chi connectivity index (χ3n) is 1.36. The summed E-state index contributed by atoms with van der Waals surface area (Å²) >= 11 is 0. The maximum atomic E-state index is 11.7. The van der Waals surface area contributed by atoms with Gasteiger partial charge in [-0.3, -0.25) is 4.90 Å². The SMILES string of the molecule is CC[C@@H](OCC(F)(F)F)N(C)C. The van der Waals surface area contributed by atoms with Crippen molar-refractivity contribution in [3.63, 3.8) is 0 Å². The monoisotopic (exact) mass is 185 g/mol. The van der Waals surface area contributed by atoms with Crippen LogP contribution in [-0.2, 0) is 4.74 Å². The second-order valence-electron chi connectivity index (χ2n) is 2.75. The van der Waals surface area contributed by atoms with Gasteiger partial charge < -0.3 is 4.74 Å². The fourth-order valence-corrected chi connectivity index (χ4v) is 0.823. The fourth-order valence-electron chi connectivity index (χ4n) is 0.823. The van der Waals surface area contributed by atoms with Gasteiger partial charge in [-0.1, -0.05) is 6.92 Å². The van der Waals surface area contributed by atoms with E-state index in [4.69, 9.17) is 0 Å². The van der Waals surface area contributed by atoms with E-state index in [1.165, 1.54) is 0 Å². The van der Waals surface area contributed by atoms with E-state index in [0.717, 1.165) is 0 Å². The summed E-state index contributed by atoms with van der Waals surface area (Å²) in [6.07, 6.45) is -4.14. The van der Waals surface area contributed by atoms with Gasteiger partial charge in [-0.05, 0) is 20.5 Å². The molecule has 0 aromatic rings. The van der Waals surface area contributed by atoms with Gasteiger partial charge in [0.05, 0.1) is 0 Å². The van der Waals surface area contributed by atoms with Crippen LogP contribution in [0.25, 0.3) is 0 Å². The van der Waals surface area contributed by atoms with Gasteiger partial charge in [0.15, 0.2) is 0 Å². The lowest BCUT2D eigenvalue weighted by molar-refractivity contribution is -0.199. The molecule has 0 N–H and O–H groups in total. The molecule has 0 bridgehead atoms. The first-order valence-electron chi connectivity index (χ1n) is 3.71. The van der Waals surface area contributed by atoms with Crippen molar-refractivity contribution in [1.29, 1.82) is 0 Å². The van der Waals surface area contributed by atoms with Crippen molar-refractivity contribution in [1.82, 2.24) is 4.90 Å². The molecule has 12 heavy (non-hydrogen) atoms. The van der Waals surface area contributed by atoms with Crippen molar-refractivity contribution < 1.29 is 17.9 Å². The van der Waals surface area contributed by atoms with Crippen molar-refractivity contribution in [3.05, 3.63) is 0 Å². The van der Waals surface area contributed by atoms with Crippen molar-refractivity contribution in [2.24, 2.45) is 0 Å². The Balaban J connectivity index is 3.73. The normalized spacial score (nSPS) is 15.2. The second-order valence-corrected chi connectivity index (χ2v) is 2.75. The average Bonchev–Trinajstić information content (AvgIpc) is 1.85. The van der Waals surface area contributed by atoms with Gasteiger partial charge >= 0.3 is 6.18 Å². The Morgan fingerprint density at radius 1 is 1.33 bits per heavy atom. The second kappa shape index (κ2) is 4.67. The molecule has 2 nitrogen and oxygen atoms in total. The molecule has 0 rings (SSSR count). The minimum atomic E-state index is -4.23. The number of nitrogens with zero attached hydrogens (tertiary/aromatic N) is 1. The molecule has 0 amide bonds. The highest BCUT2D eigenvalue weighted by Gasteiger charge is 2.29. The van der Waals surface area contributed by atoms with Crippen molar-refractivity contribution in [2.45, 2.75) is 25.7 Å². The molecule has 0 unspecified atom stereocenters. The fraction of sp³-hybridized carbons (Fsp3) is 1.00. The summed E-state index contributed by atoms with van der Waals surface area (Å²) in [7, 11) is 3.37. The molecule has 0 spiro atoms. The minimum Gasteiger partial charge on any atom is -0.354 e. The van der Waals surface area contributed by atoms with E-state index in [1.54, 1.807) is 25.9 Å². The van der Waals surface area contributed by atoms with Crippen LogP contribution in [0, 0.1) is 0 Å². The lowest BCUT2D eigenvalue weighted by Crippen LogP contribution is -2.33. The van der Waals surface area contributed by atoms with E-state index in [9.17, 15) is 13.2 Å². The van der Waals surface area contributed by atoms with E-state index >= 15 is 0 Å². The van der Waals surface area contributed by atoms with Crippen LogP contribution in [0.15, 0.2) is 0 Å². The summed E-state index contributed by atoms with van der Waals surface area (Å²) in [4.78, 5) is 1.62. The predicted molar refractivity (Wildman–Crippen MR) is 39.8 cm³/mol. The maximum Gasteiger partial charge on any atom is 0.411 e. The van der Waals surface area contributed by atoms with E-state index in [-0.39, 0.29) is 0 Å². The topological polar surface area (TPSA) is 12.5 Å². The number of rotatable bonds is 4. The summed E-state index contributed by atoms with van der Waals surface area (Å²) in [5.41, 5.74) is 0. The average molecular weight is 185 g/mol. The van der Waals surface area contributed by atoms with Crippen LogP contribution in [0.4, 0.5) is 13.2 Å². The number of hydrogen-bond donors (Lipinski definition) is 0. The zero-order valence-electron chi connectivity index (χ0n) is 7.48. The smallest absolute Gasteiger partial charge is 0.354 e. The Kier molecular flexibility index (Phi) is 4.55. The molecule has 1 atom stereocenters. The Bertz CT molecular complexity index is 124. The number of hydrogen-bond acceptors (Lipinski definition) is 2. The highest BCUT2D eigenvalue weighted by Crippen LogP contribution is 2.16. The molecule has 0 saturated heterocycles. The highest BCUT2D eigenvalue weighted by atomic mass is 19.4. The minimum absolute atomic E-state index is 0.452. The maximum absolute atomic E-state index is 11.7. The highest BCUT2D eigenvalue weighted by molar-refractivity contribution is 4.53. The van der Waals surface area contributed by atoms with E-state index in [2.05, 4.69) is 4.74 Å². The zero-order valence-corrected chi connectivity index (χ0v) is 7.48. The van der Waals surface area contributed by atoms with Gasteiger partial charge in [-0.2, -0.15) is 13.2 Å². The van der Waals surface area contributed by atoms with Gasteiger partial charge in [-0.25, -0.2) is 0 Å². The number of alkyl halides is 3. The summed E-state index contributed by atoms with van der Waals surface area (Å²) in [6, 6.07) is 0. The standard InChI is InChI=1S/C7H14F3NO/c1-4-6(11(2)3)12-5-7(8,9)10/h6H,4-5H2,1-3H3/t6-/m1/s1. The van der Waals surface area contributed by atoms with E-state index in [0.29, 0.717) is 6.42 Å². The van der Waals surface area contributed by atoms with Crippen LogP contribution in [0.3, 0.4) is 0 Å². The van der Waals surface area contributed by atoms with Crippen molar-refractivity contribution >= 4 is 0 Å². The van der Waals surface area contributed by atoms with Crippen LogP contribution in [0.1, 0.15) is 13.3 Å². The molecule has 0 fully saturated rings. The molecule has 0 aliphatic heterocycles. The van der Waals surface area contributed by atoms with E-state index < -0.39 is 19.0 Å². The first kappa shape index (κ1) is 11.7. The molecule has 0 aromatic carbocycles. The molecule has 0 saturated carbocycles. The van der Waals surface area contributed by atoms with Crippen molar-refractivity contribution in [3.8, 4) is 0 Å².